The van der Waals surface area contributed by atoms with Gasteiger partial charge < -0.3 is 9.64 Å². The van der Waals surface area contributed by atoms with Crippen LogP contribution in [0.15, 0.2) is 12.1 Å². The average molecular weight is 318 g/mol. The number of aromatic nitrogens is 2. The van der Waals surface area contributed by atoms with Gasteiger partial charge in [0, 0.05) is 36.7 Å². The van der Waals surface area contributed by atoms with E-state index in [1.54, 1.807) is 4.90 Å². The molecule has 22 heavy (non-hydrogen) atoms. The molecular formula is C16H16ClN3O2. The van der Waals surface area contributed by atoms with Crippen LogP contribution in [-0.4, -0.2) is 36.4 Å². The molecule has 2 aliphatic rings. The van der Waals surface area contributed by atoms with Crippen LogP contribution in [0, 0.1) is 6.92 Å². The van der Waals surface area contributed by atoms with Crippen LogP contribution < -0.4 is 4.90 Å². The third-order valence-electron chi connectivity index (χ3n) is 4.97. The topological polar surface area (TPSA) is 55.3 Å². The highest BCUT2D eigenvalue weighted by Gasteiger charge is 2.50. The number of carbonyl (C=O) groups excluding carboxylic acids is 1. The molecule has 6 heteroatoms. The van der Waals surface area contributed by atoms with Crippen LogP contribution in [0.5, 0.6) is 0 Å². The minimum Gasteiger partial charge on any atom is -0.381 e. The van der Waals surface area contributed by atoms with Crippen molar-refractivity contribution >= 4 is 34.0 Å². The number of halogens is 1. The minimum atomic E-state index is -0.460. The number of anilines is 1. The maximum Gasteiger partial charge on any atom is 0.237 e. The van der Waals surface area contributed by atoms with Crippen LogP contribution in [0.1, 0.15) is 24.1 Å². The predicted molar refractivity (Wildman–Crippen MR) is 84.4 cm³/mol. The molecule has 114 valence electrons. The molecule has 0 saturated carbocycles. The predicted octanol–water partition coefficient (Wildman–Crippen LogP) is 2.62. The maximum absolute atomic E-state index is 12.9. The van der Waals surface area contributed by atoms with Crippen molar-refractivity contribution in [2.45, 2.75) is 25.2 Å². The summed E-state index contributed by atoms with van der Waals surface area (Å²) < 4.78 is 5.47. The number of hydrogen-bond donors (Lipinski definition) is 0. The van der Waals surface area contributed by atoms with E-state index in [0.29, 0.717) is 18.4 Å². The number of amides is 1. The van der Waals surface area contributed by atoms with Gasteiger partial charge in [-0.2, -0.15) is 5.10 Å². The van der Waals surface area contributed by atoms with Crippen molar-refractivity contribution in [1.29, 1.82) is 0 Å². The zero-order chi connectivity index (χ0) is 15.5. The third kappa shape index (κ3) is 1.66. The standard InChI is InChI=1S/C16H16ClN3O2/c1-9-10-7-12-13(8-11(10)14(17)19-18-9)20(2)15(21)16(12)3-5-22-6-4-16/h7-8H,3-6H2,1-2H3. The van der Waals surface area contributed by atoms with E-state index in [2.05, 4.69) is 16.3 Å². The summed E-state index contributed by atoms with van der Waals surface area (Å²) in [6.45, 7) is 3.14. The normalized spacial score (nSPS) is 20.0. The molecule has 1 saturated heterocycles. The number of rotatable bonds is 0. The summed E-state index contributed by atoms with van der Waals surface area (Å²) in [5.41, 5.74) is 2.36. The van der Waals surface area contributed by atoms with Crippen molar-refractivity contribution in [3.63, 3.8) is 0 Å². The number of ether oxygens (including phenoxy) is 1. The molecule has 0 bridgehead atoms. The van der Waals surface area contributed by atoms with Gasteiger partial charge in [0.15, 0.2) is 5.15 Å². The summed E-state index contributed by atoms with van der Waals surface area (Å²) in [6.07, 6.45) is 1.44. The van der Waals surface area contributed by atoms with E-state index in [4.69, 9.17) is 16.3 Å². The molecular weight excluding hydrogens is 302 g/mol. The first-order valence-corrected chi connectivity index (χ1v) is 7.75. The van der Waals surface area contributed by atoms with Gasteiger partial charge in [-0.1, -0.05) is 11.6 Å². The second kappa shape index (κ2) is 4.64. The van der Waals surface area contributed by atoms with Gasteiger partial charge in [-0.15, -0.1) is 5.10 Å². The van der Waals surface area contributed by atoms with E-state index in [9.17, 15) is 4.79 Å². The number of carbonyl (C=O) groups is 1. The van der Waals surface area contributed by atoms with Crippen LogP contribution in [-0.2, 0) is 14.9 Å². The maximum atomic E-state index is 12.9. The fraction of sp³-hybridized carbons (Fsp3) is 0.438. The molecule has 1 aromatic carbocycles. The number of likely N-dealkylation sites (N-methyl/N-ethyl adjacent to an activating group) is 1. The number of benzene rings is 1. The first-order valence-electron chi connectivity index (χ1n) is 7.37. The van der Waals surface area contributed by atoms with E-state index >= 15 is 0 Å². The fourth-order valence-corrected chi connectivity index (χ4v) is 3.89. The van der Waals surface area contributed by atoms with E-state index in [-0.39, 0.29) is 5.91 Å². The molecule has 4 rings (SSSR count). The van der Waals surface area contributed by atoms with Gasteiger partial charge >= 0.3 is 0 Å². The lowest BCUT2D eigenvalue weighted by molar-refractivity contribution is -0.126. The van der Waals surface area contributed by atoms with Gasteiger partial charge in [-0.25, -0.2) is 0 Å². The summed E-state index contributed by atoms with van der Waals surface area (Å²) in [5, 5.41) is 10.3. The van der Waals surface area contributed by atoms with Gasteiger partial charge in [0.1, 0.15) is 0 Å². The van der Waals surface area contributed by atoms with Gasteiger partial charge in [0.25, 0.3) is 0 Å². The van der Waals surface area contributed by atoms with Crippen molar-refractivity contribution < 1.29 is 9.53 Å². The summed E-state index contributed by atoms with van der Waals surface area (Å²) in [5.74, 6) is 0.149. The van der Waals surface area contributed by atoms with Crippen molar-refractivity contribution in [2.24, 2.45) is 0 Å². The molecule has 2 aromatic rings. The smallest absolute Gasteiger partial charge is 0.237 e. The molecule has 0 aliphatic carbocycles. The molecule has 0 N–H and O–H groups in total. The highest BCUT2D eigenvalue weighted by Crippen LogP contribution is 2.49. The zero-order valence-corrected chi connectivity index (χ0v) is 13.3. The van der Waals surface area contributed by atoms with Crippen molar-refractivity contribution in [3.05, 3.63) is 28.5 Å². The highest BCUT2D eigenvalue weighted by molar-refractivity contribution is 6.34. The Morgan fingerprint density at radius 1 is 1.23 bits per heavy atom. The van der Waals surface area contributed by atoms with Gasteiger partial charge in [0.2, 0.25) is 5.91 Å². The van der Waals surface area contributed by atoms with Crippen molar-refractivity contribution in [2.75, 3.05) is 25.2 Å². The van der Waals surface area contributed by atoms with Crippen molar-refractivity contribution in [3.8, 4) is 0 Å². The van der Waals surface area contributed by atoms with Crippen molar-refractivity contribution in [1.82, 2.24) is 10.2 Å². The summed E-state index contributed by atoms with van der Waals surface area (Å²) in [7, 11) is 1.83. The molecule has 5 nitrogen and oxygen atoms in total. The number of hydrogen-bond acceptors (Lipinski definition) is 4. The zero-order valence-electron chi connectivity index (χ0n) is 12.5. The first kappa shape index (κ1) is 13.9. The Kier molecular flexibility index (Phi) is 2.93. The SMILES string of the molecule is Cc1nnc(Cl)c2cc3c(cc12)C1(CCOCC1)C(=O)N3C. The Morgan fingerprint density at radius 3 is 2.68 bits per heavy atom. The molecule has 0 radical (unpaired) electrons. The Morgan fingerprint density at radius 2 is 1.95 bits per heavy atom. The third-order valence-corrected chi connectivity index (χ3v) is 5.25. The van der Waals surface area contributed by atoms with Crippen LogP contribution >= 0.6 is 11.6 Å². The van der Waals surface area contributed by atoms with E-state index in [1.165, 1.54) is 0 Å². The lowest BCUT2D eigenvalue weighted by Gasteiger charge is -2.32. The van der Waals surface area contributed by atoms with Crippen LogP contribution in [0.3, 0.4) is 0 Å². The second-order valence-electron chi connectivity index (χ2n) is 6.05. The molecule has 0 unspecified atom stereocenters. The Balaban J connectivity index is 2.04. The molecule has 2 aliphatic heterocycles. The van der Waals surface area contributed by atoms with Gasteiger partial charge in [-0.3, -0.25) is 4.79 Å². The van der Waals surface area contributed by atoms with Gasteiger partial charge in [-0.05, 0) is 37.5 Å². The summed E-state index contributed by atoms with van der Waals surface area (Å²) >= 11 is 6.20. The fourth-order valence-electron chi connectivity index (χ4n) is 3.69. The Labute approximate surface area is 133 Å². The van der Waals surface area contributed by atoms with E-state index in [0.717, 1.165) is 40.6 Å². The lowest BCUT2D eigenvalue weighted by atomic mass is 9.75. The molecule has 1 spiro atoms. The van der Waals surface area contributed by atoms with E-state index in [1.807, 2.05) is 20.0 Å². The second-order valence-corrected chi connectivity index (χ2v) is 6.41. The van der Waals surface area contributed by atoms with Crippen LogP contribution in [0.4, 0.5) is 5.69 Å². The molecule has 1 fully saturated rings. The first-order chi connectivity index (χ1) is 10.5. The molecule has 1 aromatic heterocycles. The Bertz CT molecular complexity index is 800. The number of nitrogens with zero attached hydrogens (tertiary/aromatic N) is 3. The van der Waals surface area contributed by atoms with Crippen LogP contribution in [0.25, 0.3) is 10.8 Å². The monoisotopic (exact) mass is 317 g/mol. The lowest BCUT2D eigenvalue weighted by Crippen LogP contribution is -2.42. The van der Waals surface area contributed by atoms with E-state index < -0.39 is 5.41 Å². The quantitative estimate of drug-likeness (QED) is 0.749. The molecule has 3 heterocycles. The largest absolute Gasteiger partial charge is 0.381 e. The number of fused-ring (bicyclic) bond motifs is 3. The molecule has 1 amide bonds. The minimum absolute atomic E-state index is 0.149. The van der Waals surface area contributed by atoms with Crippen LogP contribution in [0.2, 0.25) is 5.15 Å². The average Bonchev–Trinajstić information content (AvgIpc) is 2.73. The highest BCUT2D eigenvalue weighted by atomic mass is 35.5. The summed E-state index contributed by atoms with van der Waals surface area (Å²) in [6, 6.07) is 4.05. The Hall–Kier alpha value is -1.72. The number of aryl methyl sites for hydroxylation is 1. The molecule has 0 atom stereocenters. The van der Waals surface area contributed by atoms with Gasteiger partial charge in [0.05, 0.1) is 11.1 Å². The summed E-state index contributed by atoms with van der Waals surface area (Å²) in [4.78, 5) is 14.6.